The molecule has 0 fully saturated rings. The highest BCUT2D eigenvalue weighted by molar-refractivity contribution is 7.12. The second-order valence-electron chi connectivity index (χ2n) is 4.59. The van der Waals surface area contributed by atoms with E-state index in [4.69, 9.17) is 4.74 Å². The predicted molar refractivity (Wildman–Crippen MR) is 74.7 cm³/mol. The fraction of sp³-hybridized carbons (Fsp3) is 0.500. The highest BCUT2D eigenvalue weighted by Gasteiger charge is 2.47. The van der Waals surface area contributed by atoms with Crippen molar-refractivity contribution in [2.24, 2.45) is 5.92 Å². The van der Waals surface area contributed by atoms with E-state index in [2.05, 4.69) is 0 Å². The normalized spacial score (nSPS) is 15.2. The number of aliphatic hydroxyl groups is 1. The first-order valence-electron chi connectivity index (χ1n) is 6.29. The average molecular weight is 298 g/mol. The van der Waals surface area contributed by atoms with E-state index in [0.29, 0.717) is 4.88 Å². The van der Waals surface area contributed by atoms with Crippen molar-refractivity contribution in [2.45, 2.75) is 32.8 Å². The first-order chi connectivity index (χ1) is 9.32. The zero-order valence-electron chi connectivity index (χ0n) is 11.7. The SMILES string of the molecule is CCOC(=O)[C@@](O)(CC(C)=O)[C@H](C)C(=O)c1cccs1. The summed E-state index contributed by atoms with van der Waals surface area (Å²) in [6, 6.07) is 3.32. The van der Waals surface area contributed by atoms with Crippen molar-refractivity contribution >= 4 is 28.9 Å². The maximum absolute atomic E-state index is 12.3. The van der Waals surface area contributed by atoms with Crippen molar-refractivity contribution in [3.63, 3.8) is 0 Å². The molecule has 0 saturated heterocycles. The summed E-state index contributed by atoms with van der Waals surface area (Å²) in [5.74, 6) is -2.75. The van der Waals surface area contributed by atoms with Crippen molar-refractivity contribution in [3.05, 3.63) is 22.4 Å². The van der Waals surface area contributed by atoms with Gasteiger partial charge in [0.05, 0.1) is 17.4 Å². The van der Waals surface area contributed by atoms with Crippen LogP contribution in [0.2, 0.25) is 0 Å². The fourth-order valence-corrected chi connectivity index (χ4v) is 2.64. The zero-order chi connectivity index (χ0) is 15.3. The van der Waals surface area contributed by atoms with Crippen LogP contribution < -0.4 is 0 Å². The van der Waals surface area contributed by atoms with Crippen molar-refractivity contribution in [1.82, 2.24) is 0 Å². The number of carbonyl (C=O) groups is 3. The third-order valence-electron chi connectivity index (χ3n) is 3.02. The minimum atomic E-state index is -2.12. The molecule has 0 aliphatic heterocycles. The minimum Gasteiger partial charge on any atom is -0.464 e. The van der Waals surface area contributed by atoms with E-state index in [1.165, 1.54) is 25.2 Å². The lowest BCUT2D eigenvalue weighted by molar-refractivity contribution is -0.171. The number of carbonyl (C=O) groups excluding carboxylic acids is 3. The Hall–Kier alpha value is -1.53. The number of rotatable bonds is 7. The highest BCUT2D eigenvalue weighted by atomic mass is 32.1. The molecule has 110 valence electrons. The van der Waals surface area contributed by atoms with Gasteiger partial charge in [-0.1, -0.05) is 13.0 Å². The minimum absolute atomic E-state index is 0.0684. The van der Waals surface area contributed by atoms with Gasteiger partial charge in [-0.15, -0.1) is 11.3 Å². The Morgan fingerprint density at radius 2 is 2.10 bits per heavy atom. The van der Waals surface area contributed by atoms with E-state index in [1.54, 1.807) is 24.4 Å². The van der Waals surface area contributed by atoms with Crippen LogP contribution in [0.3, 0.4) is 0 Å². The summed E-state index contributed by atoms with van der Waals surface area (Å²) >= 11 is 1.22. The summed E-state index contributed by atoms with van der Waals surface area (Å²) in [6.45, 7) is 4.35. The van der Waals surface area contributed by atoms with E-state index in [-0.39, 0.29) is 18.2 Å². The molecule has 20 heavy (non-hydrogen) atoms. The quantitative estimate of drug-likeness (QED) is 0.613. The summed E-state index contributed by atoms with van der Waals surface area (Å²) in [5.41, 5.74) is -2.12. The molecular formula is C14H18O5S. The molecule has 0 bridgehead atoms. The molecule has 0 aliphatic rings. The summed E-state index contributed by atoms with van der Waals surface area (Å²) in [7, 11) is 0. The topological polar surface area (TPSA) is 80.7 Å². The number of hydrogen-bond donors (Lipinski definition) is 1. The molecule has 0 aromatic carbocycles. The second kappa shape index (κ2) is 6.76. The van der Waals surface area contributed by atoms with Gasteiger partial charge in [0, 0.05) is 6.42 Å². The van der Waals surface area contributed by atoms with Crippen molar-refractivity contribution in [3.8, 4) is 0 Å². The van der Waals surface area contributed by atoms with Crippen LogP contribution in [0, 0.1) is 5.92 Å². The molecule has 0 amide bonds. The summed E-state index contributed by atoms with van der Waals surface area (Å²) in [5, 5.41) is 12.2. The Morgan fingerprint density at radius 3 is 2.55 bits per heavy atom. The lowest BCUT2D eigenvalue weighted by Crippen LogP contribution is -2.50. The Morgan fingerprint density at radius 1 is 1.45 bits per heavy atom. The van der Waals surface area contributed by atoms with Gasteiger partial charge in [-0.25, -0.2) is 4.79 Å². The van der Waals surface area contributed by atoms with Gasteiger partial charge in [0.2, 0.25) is 0 Å². The van der Waals surface area contributed by atoms with Gasteiger partial charge in [0.1, 0.15) is 5.78 Å². The van der Waals surface area contributed by atoms with Crippen molar-refractivity contribution in [2.75, 3.05) is 6.61 Å². The molecule has 5 nitrogen and oxygen atoms in total. The Kier molecular flexibility index (Phi) is 5.59. The number of Topliss-reactive ketones (excluding diaryl/α,β-unsaturated/α-hetero) is 2. The Labute approximate surface area is 121 Å². The van der Waals surface area contributed by atoms with Gasteiger partial charge in [-0.2, -0.15) is 0 Å². The molecule has 1 rings (SSSR count). The summed E-state index contributed by atoms with van der Waals surface area (Å²) < 4.78 is 4.81. The van der Waals surface area contributed by atoms with Gasteiger partial charge in [-0.3, -0.25) is 9.59 Å². The monoisotopic (exact) mass is 298 g/mol. The molecule has 0 spiro atoms. The molecule has 0 saturated carbocycles. The van der Waals surface area contributed by atoms with E-state index in [9.17, 15) is 19.5 Å². The molecule has 1 heterocycles. The predicted octanol–water partition coefficient (Wildman–Crippen LogP) is 1.84. The second-order valence-corrected chi connectivity index (χ2v) is 5.53. The molecule has 1 aromatic rings. The molecule has 0 unspecified atom stereocenters. The third kappa shape index (κ3) is 3.52. The molecule has 2 atom stereocenters. The third-order valence-corrected chi connectivity index (χ3v) is 3.91. The first kappa shape index (κ1) is 16.5. The van der Waals surface area contributed by atoms with Gasteiger partial charge in [0.15, 0.2) is 11.4 Å². The molecule has 1 N–H and O–H groups in total. The van der Waals surface area contributed by atoms with Crippen LogP contribution >= 0.6 is 11.3 Å². The number of esters is 1. The molecular weight excluding hydrogens is 280 g/mol. The smallest absolute Gasteiger partial charge is 0.339 e. The van der Waals surface area contributed by atoms with Crippen LogP contribution in [0.4, 0.5) is 0 Å². The van der Waals surface area contributed by atoms with Crippen LogP contribution in [-0.2, 0) is 14.3 Å². The lowest BCUT2D eigenvalue weighted by atomic mass is 9.81. The maximum atomic E-state index is 12.3. The Bertz CT molecular complexity index is 494. The zero-order valence-corrected chi connectivity index (χ0v) is 12.5. The highest BCUT2D eigenvalue weighted by Crippen LogP contribution is 2.28. The maximum Gasteiger partial charge on any atom is 0.339 e. The molecule has 0 radical (unpaired) electrons. The first-order valence-corrected chi connectivity index (χ1v) is 7.17. The van der Waals surface area contributed by atoms with E-state index in [0.717, 1.165) is 0 Å². The number of thiophene rings is 1. The van der Waals surface area contributed by atoms with Crippen molar-refractivity contribution in [1.29, 1.82) is 0 Å². The van der Waals surface area contributed by atoms with Crippen molar-refractivity contribution < 1.29 is 24.2 Å². The van der Waals surface area contributed by atoms with Gasteiger partial charge in [-0.05, 0) is 25.3 Å². The molecule has 0 aliphatic carbocycles. The summed E-state index contributed by atoms with van der Waals surface area (Å²) in [4.78, 5) is 36.0. The van der Waals surface area contributed by atoms with Crippen LogP contribution in [0.15, 0.2) is 17.5 Å². The molecule has 6 heteroatoms. The van der Waals surface area contributed by atoms with Crippen LogP contribution in [0.5, 0.6) is 0 Å². The van der Waals surface area contributed by atoms with Gasteiger partial charge in [0.25, 0.3) is 0 Å². The van der Waals surface area contributed by atoms with E-state index < -0.39 is 23.9 Å². The van der Waals surface area contributed by atoms with E-state index >= 15 is 0 Å². The van der Waals surface area contributed by atoms with E-state index in [1.807, 2.05) is 0 Å². The lowest BCUT2D eigenvalue weighted by Gasteiger charge is -2.29. The van der Waals surface area contributed by atoms with Gasteiger partial charge < -0.3 is 9.84 Å². The standard InChI is InChI=1S/C14H18O5S/c1-4-19-13(17)14(18,8-9(2)15)10(3)12(16)11-6-5-7-20-11/h5-7,10,18H,4,8H2,1-3H3/t10-,14-/m1/s1. The summed E-state index contributed by atoms with van der Waals surface area (Å²) in [6.07, 6.45) is -0.440. The fourth-order valence-electron chi connectivity index (χ4n) is 1.89. The number of hydrogen-bond acceptors (Lipinski definition) is 6. The Balaban J connectivity index is 3.06. The largest absolute Gasteiger partial charge is 0.464 e. The van der Waals surface area contributed by atoms with Gasteiger partial charge >= 0.3 is 5.97 Å². The van der Waals surface area contributed by atoms with Crippen LogP contribution in [0.25, 0.3) is 0 Å². The molecule has 1 aromatic heterocycles. The number of ketones is 2. The van der Waals surface area contributed by atoms with Crippen LogP contribution in [0.1, 0.15) is 36.9 Å². The average Bonchev–Trinajstić information content (AvgIpc) is 2.90. The van der Waals surface area contributed by atoms with Crippen LogP contribution in [-0.4, -0.2) is 34.9 Å². The number of ether oxygens (including phenoxy) is 1.